The molecule has 4 nitrogen and oxygen atoms in total. The molecule has 0 aliphatic heterocycles. The Balaban J connectivity index is -0.000000300. The molecule has 1 rings (SSSR count). The van der Waals surface area contributed by atoms with Gasteiger partial charge < -0.3 is 19.8 Å². The molecule has 7 heteroatoms. The van der Waals surface area contributed by atoms with Crippen LogP contribution in [0.5, 0.6) is 0 Å². The number of halogens is 2. The summed E-state index contributed by atoms with van der Waals surface area (Å²) in [6.07, 6.45) is 1.09. The number of hydrogen-bond acceptors (Lipinski definition) is 4. The molecule has 1 aromatic rings. The number of benzene rings is 1. The second-order valence-electron chi connectivity index (χ2n) is 3.18. The van der Waals surface area contributed by atoms with Crippen LogP contribution in [0.2, 0.25) is 0 Å². The van der Waals surface area contributed by atoms with Crippen molar-refractivity contribution in [3.8, 4) is 0 Å². The maximum atomic E-state index is 11.2. The van der Waals surface area contributed by atoms with Gasteiger partial charge in [-0.1, -0.05) is 18.2 Å². The summed E-state index contributed by atoms with van der Waals surface area (Å²) in [6.45, 7) is 5.22. The SMILES string of the molecule is CC(=O)[CH-]C(=O)c1ccccc1.CCO.CCO.[Cl][Ta][Cl]. The molecule has 0 radical (unpaired) electrons. The molecular weight excluding hydrogens is 484 g/mol. The molecule has 0 heterocycles. The van der Waals surface area contributed by atoms with E-state index in [1.54, 1.807) is 38.1 Å². The van der Waals surface area contributed by atoms with Gasteiger partial charge >= 0.3 is 36.0 Å². The molecule has 0 saturated carbocycles. The average molecular weight is 505 g/mol. The van der Waals surface area contributed by atoms with E-state index in [2.05, 4.69) is 0 Å². The van der Waals surface area contributed by atoms with Crippen LogP contribution in [0.3, 0.4) is 0 Å². The van der Waals surface area contributed by atoms with Crippen molar-refractivity contribution in [1.29, 1.82) is 0 Å². The van der Waals surface area contributed by atoms with E-state index in [9.17, 15) is 9.59 Å². The number of carbonyl (C=O) groups excluding carboxylic acids is 2. The van der Waals surface area contributed by atoms with Gasteiger partial charge in [0, 0.05) is 19.0 Å². The summed E-state index contributed by atoms with van der Waals surface area (Å²) in [5.41, 5.74) is 0.549. The molecule has 0 spiro atoms. The Bertz CT molecular complexity index is 343. The molecule has 21 heavy (non-hydrogen) atoms. The molecule has 0 aliphatic carbocycles. The Morgan fingerprint density at radius 1 is 1.10 bits per heavy atom. The van der Waals surface area contributed by atoms with Crippen LogP contribution in [0, 0.1) is 6.42 Å². The molecule has 1 aromatic carbocycles. The number of carbonyl (C=O) groups is 2. The first-order valence-corrected chi connectivity index (χ1v) is 14.0. The van der Waals surface area contributed by atoms with Crippen molar-refractivity contribution in [2.45, 2.75) is 20.8 Å². The minimum absolute atomic E-state index is 0.219. The zero-order valence-electron chi connectivity index (χ0n) is 12.3. The Kier molecular flexibility index (Phi) is 26.8. The van der Waals surface area contributed by atoms with Crippen molar-refractivity contribution in [1.82, 2.24) is 0 Å². The number of hydrogen-bond donors (Lipinski definition) is 2. The van der Waals surface area contributed by atoms with Gasteiger partial charge in [0.2, 0.25) is 0 Å². The van der Waals surface area contributed by atoms with Crippen LogP contribution in [0.4, 0.5) is 0 Å². The molecule has 0 unspecified atom stereocenters. The van der Waals surface area contributed by atoms with Gasteiger partial charge in [0.15, 0.2) is 0 Å². The number of aliphatic hydroxyl groups is 2. The molecule has 0 saturated heterocycles. The van der Waals surface area contributed by atoms with E-state index in [-0.39, 0.29) is 24.8 Å². The van der Waals surface area contributed by atoms with Crippen LogP contribution in [-0.4, -0.2) is 35.0 Å². The Morgan fingerprint density at radius 2 is 1.43 bits per heavy atom. The van der Waals surface area contributed by atoms with Gasteiger partial charge in [-0.2, -0.15) is 0 Å². The van der Waals surface area contributed by atoms with Crippen LogP contribution >= 0.6 is 18.4 Å². The van der Waals surface area contributed by atoms with Gasteiger partial charge in [-0.3, -0.25) is 0 Å². The average Bonchev–Trinajstić information content (AvgIpc) is 2.41. The Hall–Kier alpha value is -0.330. The zero-order valence-corrected chi connectivity index (χ0v) is 17.0. The predicted octanol–water partition coefficient (Wildman–Crippen LogP) is 3.04. The van der Waals surface area contributed by atoms with Crippen LogP contribution in [0.1, 0.15) is 31.1 Å². The van der Waals surface area contributed by atoms with E-state index in [1.807, 2.05) is 6.07 Å². The predicted molar refractivity (Wildman–Crippen MR) is 83.0 cm³/mol. The number of Topliss-reactive ketones (excluding diaryl/α,β-unsaturated/α-hetero) is 2. The van der Waals surface area contributed by atoms with Gasteiger partial charge in [0.1, 0.15) is 0 Å². The summed E-state index contributed by atoms with van der Waals surface area (Å²) in [5, 5.41) is 15.1. The summed E-state index contributed by atoms with van der Waals surface area (Å²) in [4.78, 5) is 21.7. The number of aliphatic hydroxyl groups excluding tert-OH is 2. The summed E-state index contributed by atoms with van der Waals surface area (Å²) in [6, 6.07) is 8.72. The molecule has 0 amide bonds. The van der Waals surface area contributed by atoms with Gasteiger partial charge in [-0.15, -0.1) is 24.1 Å². The van der Waals surface area contributed by atoms with Crippen molar-refractivity contribution >= 4 is 29.9 Å². The Morgan fingerprint density at radius 3 is 1.71 bits per heavy atom. The number of ketones is 2. The fourth-order valence-corrected chi connectivity index (χ4v) is 0.870. The van der Waals surface area contributed by atoms with Crippen molar-refractivity contribution in [2.75, 3.05) is 13.2 Å². The fourth-order valence-electron chi connectivity index (χ4n) is 0.870. The van der Waals surface area contributed by atoms with E-state index in [0.29, 0.717) is 5.56 Å². The summed E-state index contributed by atoms with van der Waals surface area (Å²) < 4.78 is 0. The first-order chi connectivity index (χ1) is 9.94. The number of rotatable bonds is 3. The molecule has 2 N–H and O–H groups in total. The quantitative estimate of drug-likeness (QED) is 0.377. The van der Waals surface area contributed by atoms with E-state index < -0.39 is 17.6 Å². The van der Waals surface area contributed by atoms with Crippen LogP contribution < -0.4 is 0 Å². The van der Waals surface area contributed by atoms with Crippen molar-refractivity contribution in [2.24, 2.45) is 0 Å². The normalized spacial score (nSPS) is 7.57. The van der Waals surface area contributed by atoms with Crippen LogP contribution in [0.15, 0.2) is 30.3 Å². The molecule has 121 valence electrons. The second-order valence-corrected chi connectivity index (χ2v) is 7.82. The van der Waals surface area contributed by atoms with Crippen molar-refractivity contribution < 1.29 is 37.4 Å². The van der Waals surface area contributed by atoms with Gasteiger partial charge in [0.05, 0.1) is 5.78 Å². The summed E-state index contributed by atoms with van der Waals surface area (Å²) in [5.74, 6) is -0.452. The van der Waals surface area contributed by atoms with E-state index in [0.717, 1.165) is 6.42 Å². The molecule has 0 bridgehead atoms. The van der Waals surface area contributed by atoms with Crippen molar-refractivity contribution in [3.63, 3.8) is 0 Å². The molecule has 0 atom stereocenters. The van der Waals surface area contributed by atoms with E-state index >= 15 is 0 Å². The summed E-state index contributed by atoms with van der Waals surface area (Å²) in [7, 11) is 9.89. The standard InChI is InChI=1S/C10H9O2.2C2H6O.2ClH.Ta/c1-8(11)7-10(12)9-5-3-2-4-6-9;2*1-2-3;;;/h2-7H,1H3;2*3H,2H2,1H3;2*1H;/q-1;;;;;+2/p-2. The monoisotopic (exact) mass is 504 g/mol. The van der Waals surface area contributed by atoms with Gasteiger partial charge in [0.25, 0.3) is 0 Å². The van der Waals surface area contributed by atoms with Gasteiger partial charge in [-0.05, 0) is 20.8 Å². The second kappa shape index (κ2) is 22.0. The molecular formula is C14H21Cl2O4Ta-. The van der Waals surface area contributed by atoms with E-state index in [4.69, 9.17) is 28.6 Å². The van der Waals surface area contributed by atoms with Crippen LogP contribution in [-0.2, 0) is 22.4 Å². The van der Waals surface area contributed by atoms with Gasteiger partial charge in [-0.25, -0.2) is 0 Å². The Labute approximate surface area is 143 Å². The van der Waals surface area contributed by atoms with Crippen molar-refractivity contribution in [3.05, 3.63) is 42.3 Å². The van der Waals surface area contributed by atoms with E-state index in [1.165, 1.54) is 6.92 Å². The third-order valence-electron chi connectivity index (χ3n) is 1.39. The minimum atomic E-state index is -0.889. The topological polar surface area (TPSA) is 74.6 Å². The molecule has 0 aliphatic rings. The first kappa shape index (κ1) is 25.6. The molecule has 0 fully saturated rings. The zero-order chi connectivity index (χ0) is 17.1. The maximum absolute atomic E-state index is 11.2. The third kappa shape index (κ3) is 25.0. The first-order valence-electron chi connectivity index (χ1n) is 6.03. The third-order valence-corrected chi connectivity index (χ3v) is 1.39. The molecule has 0 aromatic heterocycles. The fraction of sp³-hybridized carbons (Fsp3) is 0.357. The van der Waals surface area contributed by atoms with Crippen LogP contribution in [0.25, 0.3) is 0 Å². The summed E-state index contributed by atoms with van der Waals surface area (Å²) >= 11 is -0.889.